The number of benzene rings is 2. The molecule has 0 aliphatic carbocycles. The van der Waals surface area contributed by atoms with Gasteiger partial charge in [0.25, 0.3) is 5.56 Å². The lowest BCUT2D eigenvalue weighted by Gasteiger charge is -2.03. The zero-order valence-electron chi connectivity index (χ0n) is 13.4. The highest BCUT2D eigenvalue weighted by molar-refractivity contribution is 7.98. The lowest BCUT2D eigenvalue weighted by molar-refractivity contribution is 0.0697. The Morgan fingerprint density at radius 3 is 2.36 bits per heavy atom. The van der Waals surface area contributed by atoms with Gasteiger partial charge in [0.2, 0.25) is 0 Å². The molecule has 0 fully saturated rings. The number of nitrogens with zero attached hydrogens (tertiary/aromatic N) is 2. The first-order valence-corrected chi connectivity index (χ1v) is 8.50. The van der Waals surface area contributed by atoms with Crippen molar-refractivity contribution >= 4 is 17.7 Å². The summed E-state index contributed by atoms with van der Waals surface area (Å²) < 4.78 is 0. The molecule has 0 saturated carbocycles. The molecule has 7 heteroatoms. The van der Waals surface area contributed by atoms with Crippen LogP contribution in [0.25, 0.3) is 11.3 Å². The molecule has 6 nitrogen and oxygen atoms in total. The van der Waals surface area contributed by atoms with Crippen molar-refractivity contribution in [2.45, 2.75) is 17.8 Å². The molecule has 0 bridgehead atoms. The van der Waals surface area contributed by atoms with Gasteiger partial charge in [-0.3, -0.25) is 9.78 Å². The number of carbonyl (C=O) groups is 1. The molecule has 0 radical (unpaired) electrons. The van der Waals surface area contributed by atoms with Gasteiger partial charge in [-0.1, -0.05) is 53.7 Å². The van der Waals surface area contributed by atoms with Crippen LogP contribution in [0.5, 0.6) is 0 Å². The van der Waals surface area contributed by atoms with Crippen molar-refractivity contribution in [1.29, 1.82) is 0 Å². The maximum Gasteiger partial charge on any atom is 0.335 e. The first-order chi connectivity index (χ1) is 12.0. The lowest BCUT2D eigenvalue weighted by Crippen LogP contribution is -2.14. The highest BCUT2D eigenvalue weighted by Crippen LogP contribution is 2.19. The van der Waals surface area contributed by atoms with Crippen LogP contribution in [0.2, 0.25) is 0 Å². The van der Waals surface area contributed by atoms with E-state index in [-0.39, 0.29) is 16.8 Å². The molecule has 2 aromatic carbocycles. The van der Waals surface area contributed by atoms with E-state index in [0.29, 0.717) is 10.9 Å². The zero-order chi connectivity index (χ0) is 17.8. The SMILES string of the molecule is Cc1ccc(-c2nnc(SCc3ccc(C(=O)O)cc3)[nH]c2=O)cc1. The standard InChI is InChI=1S/C18H15N3O3S/c1-11-2-6-13(7-3-11)15-16(22)19-18(21-20-15)25-10-12-4-8-14(9-5-12)17(23)24/h2-9H,10H2,1H3,(H,23,24)(H,19,21,22). The Morgan fingerprint density at radius 2 is 1.76 bits per heavy atom. The van der Waals surface area contributed by atoms with Gasteiger partial charge in [-0.2, -0.15) is 0 Å². The molecule has 3 aromatic rings. The molecule has 0 aliphatic rings. The number of H-pyrrole nitrogens is 1. The van der Waals surface area contributed by atoms with Crippen molar-refractivity contribution in [3.63, 3.8) is 0 Å². The molecule has 0 atom stereocenters. The minimum Gasteiger partial charge on any atom is -0.478 e. The van der Waals surface area contributed by atoms with Crippen LogP contribution in [0, 0.1) is 6.92 Å². The van der Waals surface area contributed by atoms with Gasteiger partial charge in [0, 0.05) is 11.3 Å². The summed E-state index contributed by atoms with van der Waals surface area (Å²) in [7, 11) is 0. The topological polar surface area (TPSA) is 95.9 Å². The number of rotatable bonds is 5. The highest BCUT2D eigenvalue weighted by atomic mass is 32.2. The van der Waals surface area contributed by atoms with Crippen LogP contribution in [0.15, 0.2) is 58.5 Å². The summed E-state index contributed by atoms with van der Waals surface area (Å²) in [5.74, 6) is -0.407. The molecular formula is C18H15N3O3S. The van der Waals surface area contributed by atoms with E-state index in [9.17, 15) is 9.59 Å². The molecule has 25 heavy (non-hydrogen) atoms. The van der Waals surface area contributed by atoms with Gasteiger partial charge in [-0.05, 0) is 24.6 Å². The second-order valence-corrected chi connectivity index (χ2v) is 6.43. The van der Waals surface area contributed by atoms with Gasteiger partial charge in [0.05, 0.1) is 5.56 Å². The summed E-state index contributed by atoms with van der Waals surface area (Å²) in [5.41, 5.74) is 3.00. The Morgan fingerprint density at radius 1 is 1.08 bits per heavy atom. The molecule has 1 aromatic heterocycles. The van der Waals surface area contributed by atoms with Gasteiger partial charge in [-0.25, -0.2) is 4.79 Å². The smallest absolute Gasteiger partial charge is 0.335 e. The molecule has 2 N–H and O–H groups in total. The molecule has 0 saturated heterocycles. The first-order valence-electron chi connectivity index (χ1n) is 7.52. The number of aromatic nitrogens is 3. The Hall–Kier alpha value is -2.93. The zero-order valence-corrected chi connectivity index (χ0v) is 14.2. The Labute approximate surface area is 148 Å². The van der Waals surface area contributed by atoms with Crippen molar-refractivity contribution in [1.82, 2.24) is 15.2 Å². The van der Waals surface area contributed by atoms with Crippen LogP contribution >= 0.6 is 11.8 Å². The Balaban J connectivity index is 1.71. The molecule has 3 rings (SSSR count). The number of aromatic amines is 1. The van der Waals surface area contributed by atoms with Gasteiger partial charge >= 0.3 is 5.97 Å². The number of carboxylic acids is 1. The molecule has 0 amide bonds. The third-order valence-corrected chi connectivity index (χ3v) is 4.51. The van der Waals surface area contributed by atoms with Gasteiger partial charge in [0.15, 0.2) is 10.9 Å². The predicted molar refractivity (Wildman–Crippen MR) is 95.8 cm³/mol. The van der Waals surface area contributed by atoms with E-state index < -0.39 is 5.97 Å². The molecular weight excluding hydrogens is 338 g/mol. The average Bonchev–Trinajstić information content (AvgIpc) is 2.61. The number of aromatic carboxylic acids is 1. The van der Waals surface area contributed by atoms with Gasteiger partial charge < -0.3 is 5.11 Å². The van der Waals surface area contributed by atoms with Crippen molar-refractivity contribution in [3.8, 4) is 11.3 Å². The number of hydrogen-bond acceptors (Lipinski definition) is 5. The average molecular weight is 353 g/mol. The highest BCUT2D eigenvalue weighted by Gasteiger charge is 2.08. The van der Waals surface area contributed by atoms with E-state index in [2.05, 4.69) is 15.2 Å². The predicted octanol–water partition coefficient (Wildman–Crippen LogP) is 3.13. The summed E-state index contributed by atoms with van der Waals surface area (Å²) >= 11 is 1.33. The van der Waals surface area contributed by atoms with Crippen LogP contribution in [0.4, 0.5) is 0 Å². The minimum atomic E-state index is -0.957. The summed E-state index contributed by atoms with van der Waals surface area (Å²) in [4.78, 5) is 25.8. The van der Waals surface area contributed by atoms with Crippen LogP contribution < -0.4 is 5.56 Å². The van der Waals surface area contributed by atoms with E-state index in [1.165, 1.54) is 11.8 Å². The van der Waals surface area contributed by atoms with Crippen molar-refractivity contribution in [2.75, 3.05) is 0 Å². The third-order valence-electron chi connectivity index (χ3n) is 3.58. The molecule has 126 valence electrons. The first kappa shape index (κ1) is 16.9. The van der Waals surface area contributed by atoms with E-state index in [4.69, 9.17) is 5.11 Å². The number of carboxylic acid groups (broad SMARTS) is 1. The van der Waals surface area contributed by atoms with Gasteiger partial charge in [0.1, 0.15) is 0 Å². The number of nitrogens with one attached hydrogen (secondary N) is 1. The van der Waals surface area contributed by atoms with E-state index in [1.54, 1.807) is 24.3 Å². The van der Waals surface area contributed by atoms with E-state index in [0.717, 1.165) is 16.7 Å². The fourth-order valence-electron chi connectivity index (χ4n) is 2.18. The molecule has 0 spiro atoms. The maximum absolute atomic E-state index is 12.2. The summed E-state index contributed by atoms with van der Waals surface area (Å²) in [6.45, 7) is 1.97. The monoisotopic (exact) mass is 353 g/mol. The second-order valence-electron chi connectivity index (χ2n) is 5.46. The quantitative estimate of drug-likeness (QED) is 0.684. The fraction of sp³-hybridized carbons (Fsp3) is 0.111. The largest absolute Gasteiger partial charge is 0.478 e. The normalized spacial score (nSPS) is 10.6. The maximum atomic E-state index is 12.2. The van der Waals surface area contributed by atoms with E-state index in [1.807, 2.05) is 31.2 Å². The fourth-order valence-corrected chi connectivity index (χ4v) is 2.94. The molecule has 0 aliphatic heterocycles. The lowest BCUT2D eigenvalue weighted by atomic mass is 10.1. The second kappa shape index (κ2) is 7.31. The van der Waals surface area contributed by atoms with E-state index >= 15 is 0 Å². The number of thioether (sulfide) groups is 1. The molecule has 0 unspecified atom stereocenters. The van der Waals surface area contributed by atoms with Crippen molar-refractivity contribution in [3.05, 3.63) is 75.6 Å². The number of hydrogen-bond donors (Lipinski definition) is 2. The molecule has 1 heterocycles. The van der Waals surface area contributed by atoms with Crippen LogP contribution in [-0.4, -0.2) is 26.3 Å². The minimum absolute atomic E-state index is 0.240. The third kappa shape index (κ3) is 4.13. The van der Waals surface area contributed by atoms with Gasteiger partial charge in [-0.15, -0.1) is 10.2 Å². The number of aryl methyl sites for hydroxylation is 1. The van der Waals surface area contributed by atoms with Crippen LogP contribution in [0.3, 0.4) is 0 Å². The van der Waals surface area contributed by atoms with Crippen molar-refractivity contribution < 1.29 is 9.90 Å². The van der Waals surface area contributed by atoms with Crippen molar-refractivity contribution in [2.24, 2.45) is 0 Å². The summed E-state index contributed by atoms with van der Waals surface area (Å²) in [6, 6.07) is 14.1. The Bertz CT molecular complexity index is 951. The van der Waals surface area contributed by atoms with Crippen LogP contribution in [0.1, 0.15) is 21.5 Å². The van der Waals surface area contributed by atoms with Crippen LogP contribution in [-0.2, 0) is 5.75 Å². The Kier molecular flexibility index (Phi) is 4.95. The summed E-state index contributed by atoms with van der Waals surface area (Å²) in [5, 5.41) is 17.4. The summed E-state index contributed by atoms with van der Waals surface area (Å²) in [6.07, 6.45) is 0.